The highest BCUT2D eigenvalue weighted by molar-refractivity contribution is 8.10. The van der Waals surface area contributed by atoms with Crippen molar-refractivity contribution in [2.45, 2.75) is 39.3 Å². The van der Waals surface area contributed by atoms with Gasteiger partial charge in [-0.3, -0.25) is 9.59 Å². The quantitative estimate of drug-likeness (QED) is 0.466. The Bertz CT molecular complexity index is 1450. The molecular formula is C25H20F2O6S2. The van der Waals surface area contributed by atoms with Crippen LogP contribution in [0.4, 0.5) is 8.78 Å². The van der Waals surface area contributed by atoms with Crippen LogP contribution < -0.4 is 0 Å². The number of ketones is 2. The van der Waals surface area contributed by atoms with Gasteiger partial charge in [0.05, 0.1) is 15.7 Å². The summed E-state index contributed by atoms with van der Waals surface area (Å²) in [4.78, 5) is 24.1. The van der Waals surface area contributed by atoms with Gasteiger partial charge in [-0.2, -0.15) is 0 Å². The van der Waals surface area contributed by atoms with Crippen molar-refractivity contribution >= 4 is 31.2 Å². The Labute approximate surface area is 201 Å². The van der Waals surface area contributed by atoms with Crippen molar-refractivity contribution in [1.29, 1.82) is 0 Å². The van der Waals surface area contributed by atoms with Crippen molar-refractivity contribution in [3.8, 4) is 0 Å². The molecule has 0 bridgehead atoms. The van der Waals surface area contributed by atoms with Gasteiger partial charge in [0.25, 0.3) is 0 Å². The summed E-state index contributed by atoms with van der Waals surface area (Å²) in [5.41, 5.74) is -0.395. The normalized spacial score (nSPS) is 18.3. The predicted molar refractivity (Wildman–Crippen MR) is 123 cm³/mol. The molecule has 0 amide bonds. The van der Waals surface area contributed by atoms with E-state index in [1.807, 2.05) is 0 Å². The molecule has 0 aliphatic heterocycles. The lowest BCUT2D eigenvalue weighted by molar-refractivity contribution is -0.125. The van der Waals surface area contributed by atoms with Gasteiger partial charge in [-0.1, -0.05) is 42.5 Å². The van der Waals surface area contributed by atoms with Gasteiger partial charge in [-0.25, -0.2) is 25.6 Å². The topological polar surface area (TPSA) is 102 Å². The molecule has 6 nitrogen and oxygen atoms in total. The van der Waals surface area contributed by atoms with Crippen LogP contribution in [0.25, 0.3) is 0 Å². The third kappa shape index (κ3) is 3.81. The Hall–Kier alpha value is -3.24. The summed E-state index contributed by atoms with van der Waals surface area (Å²) in [7, 11) is -10.8. The molecule has 35 heavy (non-hydrogen) atoms. The van der Waals surface area contributed by atoms with Gasteiger partial charge in [-0.15, -0.1) is 0 Å². The number of rotatable bonds is 7. The van der Waals surface area contributed by atoms with Crippen LogP contribution in [0.2, 0.25) is 0 Å². The first-order chi connectivity index (χ1) is 16.4. The van der Waals surface area contributed by atoms with Crippen LogP contribution in [-0.4, -0.2) is 32.7 Å². The number of Topliss-reactive ketones (excluding diaryl/α,β-unsaturated/α-hetero) is 2. The number of carbonyl (C=O) groups excluding carboxylic acids is 2. The first-order valence-electron chi connectivity index (χ1n) is 10.5. The predicted octanol–water partition coefficient (Wildman–Crippen LogP) is 4.13. The SMILES string of the molecule is CC(=O)C[C@H]1C(=O)[C@@H](C(F)(S(=O)(=O)c2ccccc2)S(=O)(=O)c2ccccc2)c2cc(F)ccc21. The summed E-state index contributed by atoms with van der Waals surface area (Å²) >= 11 is 0. The maximum Gasteiger partial charge on any atom is 0.331 e. The van der Waals surface area contributed by atoms with Crippen molar-refractivity contribution in [3.05, 3.63) is 95.8 Å². The Morgan fingerprint density at radius 2 is 1.31 bits per heavy atom. The van der Waals surface area contributed by atoms with Crippen LogP contribution in [0.5, 0.6) is 0 Å². The zero-order valence-electron chi connectivity index (χ0n) is 18.4. The minimum atomic E-state index is -5.41. The first kappa shape index (κ1) is 24.9. The molecule has 1 aliphatic rings. The average Bonchev–Trinajstić information content (AvgIpc) is 3.09. The molecule has 0 heterocycles. The fraction of sp³-hybridized carbons (Fsp3) is 0.200. The zero-order valence-corrected chi connectivity index (χ0v) is 20.0. The van der Waals surface area contributed by atoms with E-state index in [1.54, 1.807) is 0 Å². The van der Waals surface area contributed by atoms with Crippen molar-refractivity contribution in [1.82, 2.24) is 0 Å². The molecular weight excluding hydrogens is 498 g/mol. The highest BCUT2D eigenvalue weighted by Crippen LogP contribution is 2.54. The van der Waals surface area contributed by atoms with Crippen LogP contribution in [0.15, 0.2) is 88.7 Å². The van der Waals surface area contributed by atoms with E-state index in [9.17, 15) is 30.8 Å². The molecule has 10 heteroatoms. The second-order valence-corrected chi connectivity index (χ2v) is 12.7. The van der Waals surface area contributed by atoms with E-state index in [2.05, 4.69) is 0 Å². The summed E-state index contributed by atoms with van der Waals surface area (Å²) in [6.45, 7) is 1.19. The summed E-state index contributed by atoms with van der Waals surface area (Å²) < 4.78 is 82.5. The smallest absolute Gasteiger partial charge is 0.300 e. The summed E-state index contributed by atoms with van der Waals surface area (Å²) in [6, 6.07) is 15.0. The van der Waals surface area contributed by atoms with Gasteiger partial charge in [0, 0.05) is 6.42 Å². The van der Waals surface area contributed by atoms with E-state index in [4.69, 9.17) is 0 Å². The zero-order chi connectivity index (χ0) is 25.6. The number of fused-ring (bicyclic) bond motifs is 1. The Kier molecular flexibility index (Phi) is 6.23. The van der Waals surface area contributed by atoms with Gasteiger partial charge in [-0.05, 0) is 54.4 Å². The average molecular weight is 519 g/mol. The molecule has 3 aromatic carbocycles. The number of hydrogen-bond donors (Lipinski definition) is 0. The second-order valence-electron chi connectivity index (χ2n) is 8.28. The largest absolute Gasteiger partial charge is 0.331 e. The van der Waals surface area contributed by atoms with Gasteiger partial charge in [0.2, 0.25) is 19.7 Å². The summed E-state index contributed by atoms with van der Waals surface area (Å²) in [5, 5.41) is 0. The van der Waals surface area contributed by atoms with Crippen molar-refractivity contribution in [2.24, 2.45) is 0 Å². The maximum atomic E-state index is 17.4. The Morgan fingerprint density at radius 3 is 1.77 bits per heavy atom. The van der Waals surface area contributed by atoms with E-state index in [0.29, 0.717) is 0 Å². The molecule has 182 valence electrons. The standard InChI is InChI=1S/C25H20F2O6S2/c1-16(28)14-22-20-13-12-17(26)15-21(20)23(24(22)29)25(27,34(30,31)18-8-4-2-5-9-18)35(32,33)19-10-6-3-7-11-19/h2-13,15,22-23H,14H2,1H3/t22-,23+/m1/s1. The molecule has 2 atom stereocenters. The molecule has 0 N–H and O–H groups in total. The first-order valence-corrected chi connectivity index (χ1v) is 13.5. The number of alkyl halides is 1. The van der Waals surface area contributed by atoms with Gasteiger partial charge in [0.1, 0.15) is 17.5 Å². The molecule has 0 aromatic heterocycles. The van der Waals surface area contributed by atoms with E-state index >= 15 is 4.39 Å². The van der Waals surface area contributed by atoms with Crippen LogP contribution in [-0.2, 0) is 29.3 Å². The molecule has 0 saturated carbocycles. The number of carbonyl (C=O) groups is 2. The number of halogens is 2. The van der Waals surface area contributed by atoms with Crippen molar-refractivity contribution in [2.75, 3.05) is 0 Å². The summed E-state index contributed by atoms with van der Waals surface area (Å²) in [6.07, 6.45) is -0.416. The lowest BCUT2D eigenvalue weighted by Crippen LogP contribution is -2.49. The molecule has 0 saturated heterocycles. The number of sulfone groups is 2. The lowest BCUT2D eigenvalue weighted by Gasteiger charge is -2.30. The minimum Gasteiger partial charge on any atom is -0.300 e. The molecule has 3 aromatic rings. The molecule has 4 rings (SSSR count). The minimum absolute atomic E-state index is 0.0187. The third-order valence-electron chi connectivity index (χ3n) is 6.04. The Morgan fingerprint density at radius 1 is 0.829 bits per heavy atom. The highest BCUT2D eigenvalue weighted by Gasteiger charge is 2.67. The van der Waals surface area contributed by atoms with E-state index < -0.39 is 75.0 Å². The fourth-order valence-corrected chi connectivity index (χ4v) is 8.96. The monoisotopic (exact) mass is 518 g/mol. The van der Waals surface area contributed by atoms with E-state index in [-0.39, 0.29) is 5.56 Å². The van der Waals surface area contributed by atoms with Crippen LogP contribution in [0.1, 0.15) is 36.3 Å². The van der Waals surface area contributed by atoms with Crippen molar-refractivity contribution < 1.29 is 35.2 Å². The molecule has 0 radical (unpaired) electrons. The van der Waals surface area contributed by atoms with E-state index in [0.717, 1.165) is 42.5 Å². The molecule has 0 fully saturated rings. The van der Waals surface area contributed by atoms with Gasteiger partial charge < -0.3 is 0 Å². The number of benzene rings is 3. The second kappa shape index (κ2) is 8.76. The molecule has 1 aliphatic carbocycles. The van der Waals surface area contributed by atoms with Crippen LogP contribution in [0, 0.1) is 5.82 Å². The summed E-state index contributed by atoms with van der Waals surface area (Å²) in [5.74, 6) is -6.24. The van der Waals surface area contributed by atoms with Crippen LogP contribution in [0.3, 0.4) is 0 Å². The molecule has 0 spiro atoms. The van der Waals surface area contributed by atoms with E-state index in [1.165, 1.54) is 43.3 Å². The Balaban J connectivity index is 2.08. The van der Waals surface area contributed by atoms with Gasteiger partial charge in [0.15, 0.2) is 5.78 Å². The molecule has 0 unspecified atom stereocenters. The highest BCUT2D eigenvalue weighted by atomic mass is 32.3. The fourth-order valence-electron chi connectivity index (χ4n) is 4.45. The maximum absolute atomic E-state index is 17.4. The number of hydrogen-bond acceptors (Lipinski definition) is 6. The third-order valence-corrected chi connectivity index (χ3v) is 11.1. The van der Waals surface area contributed by atoms with Gasteiger partial charge >= 0.3 is 4.33 Å². The van der Waals surface area contributed by atoms with Crippen LogP contribution >= 0.6 is 0 Å². The van der Waals surface area contributed by atoms with Crippen molar-refractivity contribution in [3.63, 3.8) is 0 Å². The lowest BCUT2D eigenvalue weighted by atomic mass is 9.95.